The minimum Gasteiger partial charge on any atom is -0.383 e. The molecule has 0 spiro atoms. The second-order valence-electron chi connectivity index (χ2n) is 8.05. The molecule has 0 saturated carbocycles. The van der Waals surface area contributed by atoms with Crippen LogP contribution in [-0.2, 0) is 20.9 Å². The van der Waals surface area contributed by atoms with Crippen LogP contribution in [0.15, 0.2) is 53.9 Å². The van der Waals surface area contributed by atoms with Crippen LogP contribution < -0.4 is 5.32 Å². The lowest BCUT2D eigenvalue weighted by Crippen LogP contribution is -2.33. The van der Waals surface area contributed by atoms with E-state index < -0.39 is 0 Å². The van der Waals surface area contributed by atoms with Gasteiger partial charge in [0, 0.05) is 49.7 Å². The molecule has 0 bridgehead atoms. The predicted octanol–water partition coefficient (Wildman–Crippen LogP) is 3.90. The first kappa shape index (κ1) is 22.2. The van der Waals surface area contributed by atoms with Crippen molar-refractivity contribution in [1.29, 1.82) is 0 Å². The molecule has 1 N–H and O–H groups in total. The monoisotopic (exact) mass is 449 g/mol. The Hall–Kier alpha value is -3.03. The molecule has 6 nitrogen and oxygen atoms in total. The number of ether oxygens (including phenoxy) is 1. The fourth-order valence-electron chi connectivity index (χ4n) is 3.73. The van der Waals surface area contributed by atoms with E-state index in [4.69, 9.17) is 9.72 Å². The van der Waals surface area contributed by atoms with E-state index in [1.165, 1.54) is 5.56 Å². The van der Waals surface area contributed by atoms with E-state index in [0.717, 1.165) is 27.4 Å². The quantitative estimate of drug-likeness (QED) is 0.566. The van der Waals surface area contributed by atoms with Gasteiger partial charge in [-0.1, -0.05) is 54.1 Å². The average molecular weight is 450 g/mol. The molecule has 32 heavy (non-hydrogen) atoms. The van der Waals surface area contributed by atoms with Gasteiger partial charge in [0.2, 0.25) is 11.8 Å². The maximum Gasteiger partial charge on any atom is 0.225 e. The Bertz CT molecular complexity index is 1080. The molecular weight excluding hydrogens is 422 g/mol. The minimum absolute atomic E-state index is 0.0139. The second-order valence-corrected chi connectivity index (χ2v) is 8.91. The number of methoxy groups -OCH3 is 1. The number of carbonyl (C=O) groups is 2. The zero-order valence-electron chi connectivity index (χ0n) is 18.3. The van der Waals surface area contributed by atoms with E-state index in [-0.39, 0.29) is 24.2 Å². The molecule has 1 aliphatic heterocycles. The van der Waals surface area contributed by atoms with E-state index in [2.05, 4.69) is 41.9 Å². The Balaban J connectivity index is 1.32. The molecule has 1 fully saturated rings. The first-order chi connectivity index (χ1) is 15.5. The Morgan fingerprint density at radius 1 is 1.16 bits per heavy atom. The molecule has 2 heterocycles. The number of nitrogens with zero attached hydrogens (tertiary/aromatic N) is 2. The average Bonchev–Trinajstić information content (AvgIpc) is 3.44. The molecule has 166 valence electrons. The van der Waals surface area contributed by atoms with Crippen molar-refractivity contribution in [1.82, 2.24) is 15.2 Å². The third-order valence-electron chi connectivity index (χ3n) is 5.67. The lowest BCUT2D eigenvalue weighted by Gasteiger charge is -2.15. The van der Waals surface area contributed by atoms with Gasteiger partial charge in [-0.05, 0) is 12.5 Å². The molecule has 1 aromatic heterocycles. The highest BCUT2D eigenvalue weighted by Crippen LogP contribution is 2.29. The van der Waals surface area contributed by atoms with Crippen LogP contribution in [0.4, 0.5) is 0 Å². The largest absolute Gasteiger partial charge is 0.383 e. The Morgan fingerprint density at radius 3 is 2.59 bits per heavy atom. The summed E-state index contributed by atoms with van der Waals surface area (Å²) in [7, 11) is 1.60. The van der Waals surface area contributed by atoms with Crippen molar-refractivity contribution < 1.29 is 14.3 Å². The zero-order valence-corrected chi connectivity index (χ0v) is 19.2. The van der Waals surface area contributed by atoms with E-state index in [1.807, 2.05) is 24.3 Å². The summed E-state index contributed by atoms with van der Waals surface area (Å²) < 4.78 is 5.02. The predicted molar refractivity (Wildman–Crippen MR) is 126 cm³/mol. The second kappa shape index (κ2) is 10.1. The number of nitrogens with one attached hydrogen (secondary N) is 1. The first-order valence-corrected chi connectivity index (χ1v) is 11.6. The molecule has 2 amide bonds. The Morgan fingerprint density at radius 2 is 1.88 bits per heavy atom. The van der Waals surface area contributed by atoms with Crippen LogP contribution in [-0.4, -0.2) is 48.5 Å². The molecule has 7 heteroatoms. The fourth-order valence-corrected chi connectivity index (χ4v) is 4.56. The van der Waals surface area contributed by atoms with Gasteiger partial charge in [-0.3, -0.25) is 9.59 Å². The molecule has 1 unspecified atom stereocenters. The number of rotatable bonds is 8. The number of likely N-dealkylation sites (tertiary alicyclic amines) is 1. The number of hydrogen-bond donors (Lipinski definition) is 1. The summed E-state index contributed by atoms with van der Waals surface area (Å²) >= 11 is 1.62. The fraction of sp³-hybridized carbons (Fsp3) is 0.320. The topological polar surface area (TPSA) is 71.5 Å². The molecule has 1 atom stereocenters. The van der Waals surface area contributed by atoms with Crippen LogP contribution in [0.5, 0.6) is 0 Å². The number of hydrogen-bond acceptors (Lipinski definition) is 5. The Kier molecular flexibility index (Phi) is 6.97. The highest BCUT2D eigenvalue weighted by atomic mass is 32.1. The van der Waals surface area contributed by atoms with Crippen molar-refractivity contribution in [3.63, 3.8) is 0 Å². The maximum atomic E-state index is 12.5. The molecule has 2 aromatic carbocycles. The van der Waals surface area contributed by atoms with Gasteiger partial charge < -0.3 is 15.0 Å². The molecule has 1 saturated heterocycles. The van der Waals surface area contributed by atoms with Gasteiger partial charge in [0.05, 0.1) is 18.2 Å². The lowest BCUT2D eigenvalue weighted by atomic mass is 10.1. The van der Waals surface area contributed by atoms with Crippen molar-refractivity contribution >= 4 is 23.2 Å². The maximum absolute atomic E-state index is 12.5. The molecule has 0 radical (unpaired) electrons. The molecule has 4 rings (SSSR count). The summed E-state index contributed by atoms with van der Waals surface area (Å²) in [6.07, 6.45) is 0.266. The third kappa shape index (κ3) is 5.23. The normalized spacial score (nSPS) is 15.9. The first-order valence-electron chi connectivity index (χ1n) is 10.7. The van der Waals surface area contributed by atoms with Gasteiger partial charge in [0.15, 0.2) is 0 Å². The van der Waals surface area contributed by atoms with Gasteiger partial charge in [0.25, 0.3) is 0 Å². The molecular formula is C25H27N3O3S. The summed E-state index contributed by atoms with van der Waals surface area (Å²) in [5, 5.41) is 6.01. The third-order valence-corrected chi connectivity index (χ3v) is 6.56. The van der Waals surface area contributed by atoms with E-state index in [9.17, 15) is 9.59 Å². The van der Waals surface area contributed by atoms with Gasteiger partial charge in [-0.2, -0.15) is 0 Å². The van der Waals surface area contributed by atoms with Crippen LogP contribution in [0.3, 0.4) is 0 Å². The Labute approximate surface area is 192 Å². The standard InChI is InChI=1S/C25H27N3O3S/c1-17-3-7-19(8-4-17)22-16-32-25(27-22)20-9-5-18(6-10-20)14-26-24(30)21-13-23(29)28(15-21)11-12-31-2/h3-10,16,21H,11-15H2,1-2H3,(H,26,30). The SMILES string of the molecule is COCCN1CC(C(=O)NCc2ccc(-c3nc(-c4ccc(C)cc4)cs3)cc2)CC1=O. The van der Waals surface area contributed by atoms with Crippen molar-refractivity contribution in [3.8, 4) is 21.8 Å². The highest BCUT2D eigenvalue weighted by molar-refractivity contribution is 7.13. The van der Waals surface area contributed by atoms with Crippen molar-refractivity contribution in [2.75, 3.05) is 26.8 Å². The van der Waals surface area contributed by atoms with Gasteiger partial charge >= 0.3 is 0 Å². The van der Waals surface area contributed by atoms with Gasteiger partial charge in [-0.25, -0.2) is 4.98 Å². The number of benzene rings is 2. The van der Waals surface area contributed by atoms with Crippen molar-refractivity contribution in [3.05, 3.63) is 65.0 Å². The molecule has 0 aliphatic carbocycles. The van der Waals surface area contributed by atoms with Crippen LogP contribution in [0.25, 0.3) is 21.8 Å². The van der Waals surface area contributed by atoms with Crippen LogP contribution >= 0.6 is 11.3 Å². The number of thiazole rings is 1. The van der Waals surface area contributed by atoms with Crippen molar-refractivity contribution in [2.45, 2.75) is 19.9 Å². The van der Waals surface area contributed by atoms with Crippen LogP contribution in [0, 0.1) is 12.8 Å². The number of aromatic nitrogens is 1. The summed E-state index contributed by atoms with van der Waals surface area (Å²) in [4.78, 5) is 31.0. The van der Waals surface area contributed by atoms with E-state index >= 15 is 0 Å². The number of carbonyl (C=O) groups excluding carboxylic acids is 2. The van der Waals surface area contributed by atoms with E-state index in [1.54, 1.807) is 23.3 Å². The summed E-state index contributed by atoms with van der Waals surface area (Å²) in [5.74, 6) is -0.362. The summed E-state index contributed by atoms with van der Waals surface area (Å²) in [6.45, 7) is 3.99. The molecule has 3 aromatic rings. The van der Waals surface area contributed by atoms with Gasteiger partial charge in [0.1, 0.15) is 5.01 Å². The number of aryl methyl sites for hydroxylation is 1. The highest BCUT2D eigenvalue weighted by Gasteiger charge is 2.33. The molecule has 1 aliphatic rings. The lowest BCUT2D eigenvalue weighted by molar-refractivity contribution is -0.129. The minimum atomic E-state index is -0.297. The van der Waals surface area contributed by atoms with E-state index in [0.29, 0.717) is 26.2 Å². The zero-order chi connectivity index (χ0) is 22.5. The summed E-state index contributed by atoms with van der Waals surface area (Å²) in [5.41, 5.74) is 5.39. The van der Waals surface area contributed by atoms with Crippen molar-refractivity contribution in [2.24, 2.45) is 5.92 Å². The summed E-state index contributed by atoms with van der Waals surface area (Å²) in [6, 6.07) is 16.5. The van der Waals surface area contributed by atoms with Crippen LogP contribution in [0.2, 0.25) is 0 Å². The number of amides is 2. The van der Waals surface area contributed by atoms with Gasteiger partial charge in [-0.15, -0.1) is 11.3 Å². The van der Waals surface area contributed by atoms with Crippen LogP contribution in [0.1, 0.15) is 17.5 Å². The smallest absolute Gasteiger partial charge is 0.225 e.